The standard InChI is InChI=1S/C22H24Cl2N2O8S4/c1-13-3-5-15(23)7-21(13)37(31,32)25-17-9-35(27,28)11-19(17)26(20-12-36(29,30)10-18(20)25)38(33,34)22-8-16(24)6-4-14(22)2/h3-8,17-20H,9-12H2,1-2H3/t17-,18+,19+,20-. The van der Waals surface area contributed by atoms with E-state index in [-0.39, 0.29) is 19.8 Å². The van der Waals surface area contributed by atoms with Crippen LogP contribution in [0, 0.1) is 13.8 Å². The van der Waals surface area contributed by atoms with E-state index in [9.17, 15) is 33.7 Å². The third-order valence-corrected chi connectivity index (χ3v) is 15.4. The number of sulfonamides is 2. The molecule has 3 saturated heterocycles. The van der Waals surface area contributed by atoms with Gasteiger partial charge in [-0.2, -0.15) is 8.61 Å². The fourth-order valence-corrected chi connectivity index (χ4v) is 14.7. The Morgan fingerprint density at radius 1 is 0.632 bits per heavy atom. The van der Waals surface area contributed by atoms with Gasteiger partial charge in [-0.1, -0.05) is 35.3 Å². The van der Waals surface area contributed by atoms with Gasteiger partial charge in [0.1, 0.15) is 0 Å². The average Bonchev–Trinajstić information content (AvgIpc) is 3.26. The van der Waals surface area contributed by atoms with Crippen LogP contribution in [0.2, 0.25) is 10.0 Å². The lowest BCUT2D eigenvalue weighted by Crippen LogP contribution is -2.70. The van der Waals surface area contributed by atoms with E-state index in [2.05, 4.69) is 0 Å². The fourth-order valence-electron chi connectivity index (χ4n) is 5.73. The first-order valence-corrected chi connectivity index (χ1v) is 18.7. The Hall–Kier alpha value is -1.26. The van der Waals surface area contributed by atoms with Crippen LogP contribution < -0.4 is 0 Å². The Kier molecular flexibility index (Phi) is 6.79. The third kappa shape index (κ3) is 4.60. The Bertz CT molecular complexity index is 1610. The predicted octanol–water partition coefficient (Wildman–Crippen LogP) is 1.64. The largest absolute Gasteiger partial charge is 0.244 e. The Balaban J connectivity index is 1.75. The normalized spacial score (nSPS) is 29.2. The van der Waals surface area contributed by atoms with Crippen molar-refractivity contribution in [3.8, 4) is 0 Å². The van der Waals surface area contributed by atoms with Crippen molar-refractivity contribution in [1.29, 1.82) is 0 Å². The van der Waals surface area contributed by atoms with E-state index in [0.29, 0.717) is 11.1 Å². The van der Waals surface area contributed by atoms with E-state index >= 15 is 0 Å². The molecule has 2 aromatic rings. The van der Waals surface area contributed by atoms with Crippen LogP contribution in [0.15, 0.2) is 46.2 Å². The molecular formula is C22H24Cl2N2O8S4. The van der Waals surface area contributed by atoms with Crippen molar-refractivity contribution in [2.75, 3.05) is 23.0 Å². The SMILES string of the molecule is Cc1ccc(Cl)cc1S(=O)(=O)N1[C@@H]2CS(=O)(=O)C[C@@H]2N(S(=O)(=O)c2cc(Cl)ccc2C)[C@@H]2CS(=O)(=O)C[C@@H]21. The molecular weight excluding hydrogens is 619 g/mol. The number of hydrogen-bond acceptors (Lipinski definition) is 8. The third-order valence-electron chi connectivity index (χ3n) is 7.31. The molecule has 16 heteroatoms. The highest BCUT2D eigenvalue weighted by atomic mass is 35.5. The second-order valence-electron chi connectivity index (χ2n) is 9.91. The Morgan fingerprint density at radius 3 is 1.21 bits per heavy atom. The molecule has 0 spiro atoms. The van der Waals surface area contributed by atoms with Crippen LogP contribution in [-0.2, 0) is 39.7 Å². The van der Waals surface area contributed by atoms with Crippen LogP contribution >= 0.6 is 23.2 Å². The van der Waals surface area contributed by atoms with Gasteiger partial charge in [-0.15, -0.1) is 0 Å². The lowest BCUT2D eigenvalue weighted by Gasteiger charge is -2.49. The van der Waals surface area contributed by atoms with Crippen molar-refractivity contribution in [2.45, 2.75) is 47.8 Å². The van der Waals surface area contributed by atoms with Crippen molar-refractivity contribution >= 4 is 62.9 Å². The van der Waals surface area contributed by atoms with Crippen molar-refractivity contribution in [1.82, 2.24) is 8.61 Å². The first-order chi connectivity index (χ1) is 17.4. The number of sulfone groups is 2. The van der Waals surface area contributed by atoms with Gasteiger partial charge in [0.05, 0.1) is 57.0 Å². The molecule has 2 aromatic carbocycles. The Labute approximate surface area is 232 Å². The van der Waals surface area contributed by atoms with Crippen molar-refractivity contribution in [2.24, 2.45) is 0 Å². The van der Waals surface area contributed by atoms with E-state index in [1.165, 1.54) is 50.2 Å². The first-order valence-electron chi connectivity index (χ1n) is 11.4. The van der Waals surface area contributed by atoms with E-state index < -0.39 is 86.9 Å². The highest BCUT2D eigenvalue weighted by Crippen LogP contribution is 2.44. The Morgan fingerprint density at radius 2 is 0.921 bits per heavy atom. The fraction of sp³-hybridized carbons (Fsp3) is 0.455. The number of benzene rings is 2. The molecule has 0 unspecified atom stereocenters. The van der Waals surface area contributed by atoms with E-state index in [1.54, 1.807) is 0 Å². The zero-order valence-corrected chi connectivity index (χ0v) is 24.9. The lowest BCUT2D eigenvalue weighted by molar-refractivity contribution is 0.0841. The van der Waals surface area contributed by atoms with Crippen LogP contribution in [0.3, 0.4) is 0 Å². The molecule has 5 rings (SSSR count). The number of hydrogen-bond donors (Lipinski definition) is 0. The number of halogens is 2. The maximum absolute atomic E-state index is 14.1. The molecule has 0 aromatic heterocycles. The highest BCUT2D eigenvalue weighted by Gasteiger charge is 2.63. The van der Waals surface area contributed by atoms with Gasteiger partial charge < -0.3 is 0 Å². The molecule has 3 aliphatic heterocycles. The maximum atomic E-state index is 14.1. The second-order valence-corrected chi connectivity index (χ2v) is 18.7. The van der Waals surface area contributed by atoms with Gasteiger partial charge in [0.2, 0.25) is 20.0 Å². The zero-order chi connectivity index (χ0) is 28.0. The molecule has 0 saturated carbocycles. The summed E-state index contributed by atoms with van der Waals surface area (Å²) in [6.45, 7) is 3.08. The average molecular weight is 644 g/mol. The molecule has 38 heavy (non-hydrogen) atoms. The highest BCUT2D eigenvalue weighted by molar-refractivity contribution is 7.93. The van der Waals surface area contributed by atoms with Gasteiger partial charge in [-0.25, -0.2) is 33.7 Å². The smallest absolute Gasteiger partial charge is 0.229 e. The van der Waals surface area contributed by atoms with E-state index in [4.69, 9.17) is 23.2 Å². The molecule has 208 valence electrons. The van der Waals surface area contributed by atoms with Crippen LogP contribution in [-0.4, -0.2) is 89.5 Å². The van der Waals surface area contributed by atoms with Crippen molar-refractivity contribution in [3.05, 3.63) is 57.6 Å². The topological polar surface area (TPSA) is 143 Å². The minimum Gasteiger partial charge on any atom is -0.229 e. The van der Waals surface area contributed by atoms with Crippen LogP contribution in [0.5, 0.6) is 0 Å². The monoisotopic (exact) mass is 642 g/mol. The molecule has 0 bridgehead atoms. The summed E-state index contributed by atoms with van der Waals surface area (Å²) in [5.74, 6) is -2.61. The molecule has 3 aliphatic rings. The summed E-state index contributed by atoms with van der Waals surface area (Å²) in [4.78, 5) is -0.392. The molecule has 0 radical (unpaired) electrons. The molecule has 4 atom stereocenters. The summed E-state index contributed by atoms with van der Waals surface area (Å²) in [6.07, 6.45) is 0. The van der Waals surface area contributed by atoms with Crippen LogP contribution in [0.4, 0.5) is 0 Å². The van der Waals surface area contributed by atoms with Gasteiger partial charge in [0.25, 0.3) is 0 Å². The first kappa shape index (κ1) is 28.3. The number of piperazine rings is 1. The minimum atomic E-state index is -4.49. The number of rotatable bonds is 4. The second kappa shape index (κ2) is 9.13. The molecule has 3 fully saturated rings. The van der Waals surface area contributed by atoms with Gasteiger partial charge in [0.15, 0.2) is 19.7 Å². The minimum absolute atomic E-state index is 0.123. The summed E-state index contributed by atoms with van der Waals surface area (Å²) in [7, 11) is -16.8. The van der Waals surface area contributed by atoms with Crippen LogP contribution in [0.1, 0.15) is 11.1 Å². The molecule has 0 N–H and O–H groups in total. The summed E-state index contributed by atoms with van der Waals surface area (Å²) < 4.78 is 110. The summed E-state index contributed by atoms with van der Waals surface area (Å²) in [5.41, 5.74) is 0.655. The van der Waals surface area contributed by atoms with Crippen molar-refractivity contribution in [3.63, 3.8) is 0 Å². The van der Waals surface area contributed by atoms with Gasteiger partial charge >= 0.3 is 0 Å². The summed E-state index contributed by atoms with van der Waals surface area (Å²) in [5, 5.41) is 0.246. The zero-order valence-electron chi connectivity index (χ0n) is 20.2. The summed E-state index contributed by atoms with van der Waals surface area (Å²) in [6, 6.07) is 3.06. The number of fused-ring (bicyclic) bond motifs is 2. The quantitative estimate of drug-likeness (QED) is 0.490. The van der Waals surface area contributed by atoms with Crippen molar-refractivity contribution < 1.29 is 33.7 Å². The molecule has 10 nitrogen and oxygen atoms in total. The van der Waals surface area contributed by atoms with E-state index in [0.717, 1.165) is 8.61 Å². The molecule has 3 heterocycles. The number of nitrogens with zero attached hydrogens (tertiary/aromatic N) is 2. The van der Waals surface area contributed by atoms with Crippen LogP contribution in [0.25, 0.3) is 0 Å². The summed E-state index contributed by atoms with van der Waals surface area (Å²) >= 11 is 12.2. The predicted molar refractivity (Wildman–Crippen MR) is 143 cm³/mol. The van der Waals surface area contributed by atoms with Gasteiger partial charge in [-0.05, 0) is 49.2 Å². The molecule has 0 aliphatic carbocycles. The van der Waals surface area contributed by atoms with Gasteiger partial charge in [-0.3, -0.25) is 0 Å². The molecule has 0 amide bonds. The van der Waals surface area contributed by atoms with Gasteiger partial charge in [0, 0.05) is 10.0 Å². The lowest BCUT2D eigenvalue weighted by atomic mass is 10.0. The van der Waals surface area contributed by atoms with E-state index in [1.807, 2.05) is 0 Å². The maximum Gasteiger partial charge on any atom is 0.244 e. The number of aryl methyl sites for hydroxylation is 2.